The van der Waals surface area contributed by atoms with Gasteiger partial charge in [0, 0.05) is 30.6 Å². The van der Waals surface area contributed by atoms with Crippen LogP contribution in [-0.2, 0) is 16.1 Å². The first-order valence-corrected chi connectivity index (χ1v) is 11.9. The Balaban J connectivity index is 1.67. The first kappa shape index (κ1) is 25.4. The number of carbonyl (C=O) groups is 4. The second-order valence-corrected chi connectivity index (χ2v) is 8.99. The van der Waals surface area contributed by atoms with Gasteiger partial charge in [0.25, 0.3) is 11.8 Å². The van der Waals surface area contributed by atoms with Crippen LogP contribution in [-0.4, -0.2) is 52.1 Å². The van der Waals surface area contributed by atoms with Crippen molar-refractivity contribution < 1.29 is 19.2 Å². The Kier molecular flexibility index (Phi) is 8.45. The summed E-state index contributed by atoms with van der Waals surface area (Å²) in [6, 6.07) is 13.1. The predicted octanol–water partition coefficient (Wildman–Crippen LogP) is 4.05. The molecule has 0 aliphatic carbocycles. The molecule has 0 unspecified atom stereocenters. The van der Waals surface area contributed by atoms with Crippen LogP contribution in [0.3, 0.4) is 0 Å². The third-order valence-electron chi connectivity index (χ3n) is 6.09. The van der Waals surface area contributed by atoms with Gasteiger partial charge in [0.1, 0.15) is 6.04 Å². The molecule has 0 aromatic heterocycles. The number of benzene rings is 2. The highest BCUT2D eigenvalue weighted by atomic mass is 35.5. The van der Waals surface area contributed by atoms with Crippen molar-refractivity contribution in [1.82, 2.24) is 15.1 Å². The molecule has 0 spiro atoms. The second kappa shape index (κ2) is 11.3. The highest BCUT2D eigenvalue weighted by Gasteiger charge is 2.35. The third-order valence-corrected chi connectivity index (χ3v) is 6.34. The van der Waals surface area contributed by atoms with E-state index >= 15 is 0 Å². The van der Waals surface area contributed by atoms with Gasteiger partial charge in [-0.3, -0.25) is 24.1 Å². The van der Waals surface area contributed by atoms with E-state index in [2.05, 4.69) is 5.32 Å². The van der Waals surface area contributed by atoms with E-state index < -0.39 is 6.04 Å². The molecule has 1 aliphatic rings. The molecular formula is C26H30ClN3O4. The molecule has 2 aromatic rings. The van der Waals surface area contributed by atoms with Crippen molar-refractivity contribution in [2.45, 2.75) is 58.7 Å². The van der Waals surface area contributed by atoms with E-state index in [-0.39, 0.29) is 49.2 Å². The molecule has 2 atom stereocenters. The van der Waals surface area contributed by atoms with Crippen LogP contribution < -0.4 is 5.32 Å². The van der Waals surface area contributed by atoms with Crippen LogP contribution in [0.4, 0.5) is 0 Å². The van der Waals surface area contributed by atoms with Crippen LogP contribution in [0.1, 0.15) is 66.3 Å². The van der Waals surface area contributed by atoms with Gasteiger partial charge in [0.05, 0.1) is 11.1 Å². The molecule has 1 aliphatic heterocycles. The van der Waals surface area contributed by atoms with Gasteiger partial charge in [-0.2, -0.15) is 0 Å². The molecule has 0 saturated heterocycles. The van der Waals surface area contributed by atoms with Crippen LogP contribution in [0.5, 0.6) is 0 Å². The van der Waals surface area contributed by atoms with Gasteiger partial charge >= 0.3 is 0 Å². The zero-order valence-electron chi connectivity index (χ0n) is 19.7. The van der Waals surface area contributed by atoms with Gasteiger partial charge in [-0.15, -0.1) is 0 Å². The van der Waals surface area contributed by atoms with Crippen LogP contribution in [0.2, 0.25) is 5.02 Å². The summed E-state index contributed by atoms with van der Waals surface area (Å²) in [5.74, 6) is -1.13. The number of hydrogen-bond acceptors (Lipinski definition) is 4. The van der Waals surface area contributed by atoms with Crippen LogP contribution in [0.15, 0.2) is 48.5 Å². The van der Waals surface area contributed by atoms with Gasteiger partial charge in [0.15, 0.2) is 0 Å². The zero-order chi connectivity index (χ0) is 24.8. The molecule has 0 radical (unpaired) electrons. The maximum Gasteiger partial charge on any atom is 0.261 e. The Morgan fingerprint density at radius 3 is 2.15 bits per heavy atom. The highest BCUT2D eigenvalue weighted by molar-refractivity contribution is 6.30. The van der Waals surface area contributed by atoms with Crippen molar-refractivity contribution >= 4 is 35.2 Å². The van der Waals surface area contributed by atoms with E-state index in [0.717, 1.165) is 12.0 Å². The monoisotopic (exact) mass is 483 g/mol. The largest absolute Gasteiger partial charge is 0.352 e. The van der Waals surface area contributed by atoms with E-state index in [9.17, 15) is 19.2 Å². The average Bonchev–Trinajstić information content (AvgIpc) is 3.08. The number of rotatable bonds is 10. The lowest BCUT2D eigenvalue weighted by atomic mass is 10.1. The Hall–Kier alpha value is -3.19. The van der Waals surface area contributed by atoms with Gasteiger partial charge < -0.3 is 10.2 Å². The van der Waals surface area contributed by atoms with E-state index in [1.807, 2.05) is 26.0 Å². The van der Waals surface area contributed by atoms with E-state index in [0.29, 0.717) is 22.6 Å². The quantitative estimate of drug-likeness (QED) is 0.516. The van der Waals surface area contributed by atoms with Gasteiger partial charge in [-0.1, -0.05) is 42.8 Å². The lowest BCUT2D eigenvalue weighted by Gasteiger charge is -2.30. The first-order chi connectivity index (χ1) is 16.2. The van der Waals surface area contributed by atoms with Crippen molar-refractivity contribution in [2.24, 2.45) is 0 Å². The minimum absolute atomic E-state index is 0.00347. The highest BCUT2D eigenvalue weighted by Crippen LogP contribution is 2.23. The number of nitrogens with zero attached hydrogens (tertiary/aromatic N) is 2. The normalized spacial score (nSPS) is 14.5. The second-order valence-electron chi connectivity index (χ2n) is 8.55. The molecule has 4 amide bonds. The molecular weight excluding hydrogens is 454 g/mol. The lowest BCUT2D eigenvalue weighted by molar-refractivity contribution is -0.141. The predicted molar refractivity (Wildman–Crippen MR) is 130 cm³/mol. The maximum atomic E-state index is 13.2. The first-order valence-electron chi connectivity index (χ1n) is 11.5. The number of fused-ring (bicyclic) bond motifs is 1. The molecule has 0 saturated carbocycles. The fourth-order valence-corrected chi connectivity index (χ4v) is 3.93. The summed E-state index contributed by atoms with van der Waals surface area (Å²) in [5.41, 5.74) is 1.62. The number of nitrogens with one attached hydrogen (secondary N) is 1. The van der Waals surface area contributed by atoms with Crippen molar-refractivity contribution in [3.8, 4) is 0 Å². The van der Waals surface area contributed by atoms with Crippen LogP contribution in [0.25, 0.3) is 0 Å². The molecule has 34 heavy (non-hydrogen) atoms. The van der Waals surface area contributed by atoms with Gasteiger partial charge in [-0.25, -0.2) is 0 Å². The Bertz CT molecular complexity index is 1030. The van der Waals surface area contributed by atoms with E-state index in [4.69, 9.17) is 11.6 Å². The average molecular weight is 484 g/mol. The summed E-state index contributed by atoms with van der Waals surface area (Å²) in [6.07, 6.45) is 1.19. The summed E-state index contributed by atoms with van der Waals surface area (Å²) < 4.78 is 0. The molecule has 0 fully saturated rings. The summed E-state index contributed by atoms with van der Waals surface area (Å²) in [5, 5.41) is 3.52. The molecule has 7 nitrogen and oxygen atoms in total. The molecule has 8 heteroatoms. The number of carbonyl (C=O) groups excluding carboxylic acids is 4. The summed E-state index contributed by atoms with van der Waals surface area (Å²) in [6.45, 7) is 5.98. The van der Waals surface area contributed by atoms with Crippen molar-refractivity contribution in [3.63, 3.8) is 0 Å². The Morgan fingerprint density at radius 1 is 1.00 bits per heavy atom. The van der Waals surface area contributed by atoms with Crippen molar-refractivity contribution in [3.05, 3.63) is 70.2 Å². The maximum absolute atomic E-state index is 13.2. The Labute approximate surface area is 205 Å². The van der Waals surface area contributed by atoms with Gasteiger partial charge in [-0.05, 0) is 56.5 Å². The van der Waals surface area contributed by atoms with Gasteiger partial charge in [0.2, 0.25) is 11.8 Å². The van der Waals surface area contributed by atoms with E-state index in [1.165, 1.54) is 9.80 Å². The number of halogens is 1. The molecule has 3 rings (SSSR count). The smallest absolute Gasteiger partial charge is 0.261 e. The lowest BCUT2D eigenvalue weighted by Crippen LogP contribution is -2.49. The minimum atomic E-state index is -0.684. The molecule has 1 heterocycles. The summed E-state index contributed by atoms with van der Waals surface area (Å²) >= 11 is 5.98. The molecule has 1 N–H and O–H groups in total. The fourth-order valence-electron chi connectivity index (χ4n) is 3.81. The number of imide groups is 1. The SMILES string of the molecule is CC[C@@H](C)NC(=O)[C@H](C)N(Cc1ccc(Cl)cc1)C(=O)CCCN1C(=O)c2ccccc2C1=O. The molecule has 180 valence electrons. The minimum Gasteiger partial charge on any atom is -0.352 e. The van der Waals surface area contributed by atoms with Crippen molar-refractivity contribution in [2.75, 3.05) is 6.54 Å². The summed E-state index contributed by atoms with van der Waals surface area (Å²) in [7, 11) is 0. The molecule has 0 bridgehead atoms. The topological polar surface area (TPSA) is 86.8 Å². The number of hydrogen-bond donors (Lipinski definition) is 1. The fraction of sp³-hybridized carbons (Fsp3) is 0.385. The third kappa shape index (κ3) is 5.83. The summed E-state index contributed by atoms with van der Waals surface area (Å²) in [4.78, 5) is 53.8. The van der Waals surface area contributed by atoms with Crippen LogP contribution >= 0.6 is 11.6 Å². The zero-order valence-corrected chi connectivity index (χ0v) is 20.5. The van der Waals surface area contributed by atoms with Crippen molar-refractivity contribution in [1.29, 1.82) is 0 Å². The van der Waals surface area contributed by atoms with E-state index in [1.54, 1.807) is 43.3 Å². The number of amides is 4. The molecule has 2 aromatic carbocycles. The Morgan fingerprint density at radius 2 is 1.59 bits per heavy atom. The van der Waals surface area contributed by atoms with Crippen LogP contribution in [0, 0.1) is 0 Å². The standard InChI is InChI=1S/C26H30ClN3O4/c1-4-17(2)28-24(32)18(3)30(16-19-11-13-20(27)14-12-19)23(31)10-7-15-29-25(33)21-8-5-6-9-22(21)26(29)34/h5-6,8-9,11-14,17-18H,4,7,10,15-16H2,1-3H3,(H,28,32)/t17-,18+/m1/s1.